The third-order valence-corrected chi connectivity index (χ3v) is 5.84. The van der Waals surface area contributed by atoms with Crippen LogP contribution in [0.5, 0.6) is 0 Å². The zero-order valence-corrected chi connectivity index (χ0v) is 20.5. The Labute approximate surface area is 205 Å². The Balaban J connectivity index is 1.60. The van der Waals surface area contributed by atoms with E-state index < -0.39 is 11.7 Å². The van der Waals surface area contributed by atoms with Crippen molar-refractivity contribution in [1.82, 2.24) is 9.97 Å². The van der Waals surface area contributed by atoms with Crippen LogP contribution in [0.3, 0.4) is 0 Å². The Morgan fingerprint density at radius 1 is 1.18 bits per heavy atom. The summed E-state index contributed by atoms with van der Waals surface area (Å²) in [4.78, 5) is 23.6. The second kappa shape index (κ2) is 9.99. The first kappa shape index (κ1) is 24.0. The Morgan fingerprint density at radius 3 is 2.59 bits per heavy atom. The van der Waals surface area contributed by atoms with Crippen LogP contribution in [0.2, 0.25) is 5.02 Å². The molecule has 8 heteroatoms. The summed E-state index contributed by atoms with van der Waals surface area (Å²) >= 11 is 6.02. The van der Waals surface area contributed by atoms with Crippen LogP contribution >= 0.6 is 11.6 Å². The minimum atomic E-state index is -0.632. The number of hydrogen-bond donors (Lipinski definition) is 1. The number of aromatic nitrogens is 2. The number of carbonyl (C=O) groups is 1. The summed E-state index contributed by atoms with van der Waals surface area (Å²) in [6, 6.07) is 15.1. The SMILES string of the molecule is COC(c1ccc(N(Cc2ccc(Cl)cc2)C(=O)OC(C)(C)C)nc1)C1CNc2ncccc21. The smallest absolute Gasteiger partial charge is 0.416 e. The van der Waals surface area contributed by atoms with Crippen molar-refractivity contribution in [3.05, 3.63) is 82.6 Å². The van der Waals surface area contributed by atoms with Gasteiger partial charge in [0.25, 0.3) is 0 Å². The van der Waals surface area contributed by atoms with Gasteiger partial charge in [-0.25, -0.2) is 14.8 Å². The van der Waals surface area contributed by atoms with Crippen molar-refractivity contribution in [3.63, 3.8) is 0 Å². The number of methoxy groups -OCH3 is 1. The summed E-state index contributed by atoms with van der Waals surface area (Å²) < 4.78 is 11.5. The molecule has 4 rings (SSSR count). The fourth-order valence-electron chi connectivity index (χ4n) is 4.04. The highest BCUT2D eigenvalue weighted by Crippen LogP contribution is 2.40. The van der Waals surface area contributed by atoms with Gasteiger partial charge in [-0.1, -0.05) is 35.9 Å². The summed E-state index contributed by atoms with van der Waals surface area (Å²) in [5.74, 6) is 1.49. The van der Waals surface area contributed by atoms with Crippen LogP contribution in [-0.4, -0.2) is 35.3 Å². The van der Waals surface area contributed by atoms with Crippen molar-refractivity contribution in [1.29, 1.82) is 0 Å². The van der Waals surface area contributed by atoms with E-state index in [9.17, 15) is 4.79 Å². The number of fused-ring (bicyclic) bond motifs is 1. The van der Waals surface area contributed by atoms with Gasteiger partial charge in [-0.3, -0.25) is 4.90 Å². The molecule has 3 aromatic rings. The second-order valence-corrected chi connectivity index (χ2v) is 9.66. The molecular weight excluding hydrogens is 452 g/mol. The standard InChI is InChI=1S/C26H29ClN4O3/c1-26(2,3)34-25(32)31(16-17-7-10-19(27)11-8-17)22-12-9-18(14-29-22)23(33-4)21-15-30-24-20(21)6-5-13-28-24/h5-14,21,23H,15-16H2,1-4H3,(H,28,30). The quantitative estimate of drug-likeness (QED) is 0.468. The van der Waals surface area contributed by atoms with E-state index in [4.69, 9.17) is 21.1 Å². The van der Waals surface area contributed by atoms with Gasteiger partial charge in [-0.15, -0.1) is 0 Å². The molecule has 34 heavy (non-hydrogen) atoms. The first-order valence-corrected chi connectivity index (χ1v) is 11.6. The van der Waals surface area contributed by atoms with Crippen LogP contribution in [-0.2, 0) is 16.0 Å². The molecule has 1 amide bonds. The van der Waals surface area contributed by atoms with Crippen molar-refractivity contribution in [2.24, 2.45) is 0 Å². The van der Waals surface area contributed by atoms with E-state index in [0.29, 0.717) is 17.4 Å². The fourth-order valence-corrected chi connectivity index (χ4v) is 4.16. The predicted molar refractivity (Wildman–Crippen MR) is 133 cm³/mol. The van der Waals surface area contributed by atoms with Gasteiger partial charge in [0.05, 0.1) is 12.6 Å². The molecule has 1 aliphatic heterocycles. The number of pyridine rings is 2. The maximum absolute atomic E-state index is 13.0. The number of hydrogen-bond acceptors (Lipinski definition) is 6. The van der Waals surface area contributed by atoms with Crippen molar-refractivity contribution in [2.45, 2.75) is 44.9 Å². The number of benzene rings is 1. The Kier molecular flexibility index (Phi) is 7.05. The molecule has 2 atom stereocenters. The molecule has 2 unspecified atom stereocenters. The van der Waals surface area contributed by atoms with Crippen molar-refractivity contribution in [2.75, 3.05) is 23.9 Å². The topological polar surface area (TPSA) is 76.6 Å². The maximum Gasteiger partial charge on any atom is 0.416 e. The molecule has 0 bridgehead atoms. The van der Waals surface area contributed by atoms with Crippen molar-refractivity contribution >= 4 is 29.3 Å². The molecule has 0 saturated heterocycles. The van der Waals surface area contributed by atoms with Gasteiger partial charge in [0, 0.05) is 42.6 Å². The largest absolute Gasteiger partial charge is 0.443 e. The minimum Gasteiger partial charge on any atom is -0.443 e. The van der Waals surface area contributed by atoms with Crippen LogP contribution in [0.4, 0.5) is 16.4 Å². The van der Waals surface area contributed by atoms with Gasteiger partial charge >= 0.3 is 6.09 Å². The summed E-state index contributed by atoms with van der Waals surface area (Å²) in [7, 11) is 1.69. The van der Waals surface area contributed by atoms with Crippen LogP contribution in [0.15, 0.2) is 60.9 Å². The molecule has 1 aliphatic rings. The molecule has 0 aliphatic carbocycles. The van der Waals surface area contributed by atoms with Crippen LogP contribution in [0.1, 0.15) is 49.5 Å². The number of carbonyl (C=O) groups excluding carboxylic acids is 1. The lowest BCUT2D eigenvalue weighted by molar-refractivity contribution is 0.0576. The molecule has 178 valence electrons. The predicted octanol–water partition coefficient (Wildman–Crippen LogP) is 5.97. The molecule has 2 aromatic heterocycles. The minimum absolute atomic E-state index is 0.109. The normalized spacial score (nSPS) is 15.9. The molecule has 1 aromatic carbocycles. The lowest BCUT2D eigenvalue weighted by Crippen LogP contribution is -2.37. The Morgan fingerprint density at radius 2 is 1.94 bits per heavy atom. The molecular formula is C26H29ClN4O3. The van der Waals surface area contributed by atoms with E-state index in [1.165, 1.54) is 4.90 Å². The number of ether oxygens (including phenoxy) is 2. The zero-order valence-electron chi connectivity index (χ0n) is 19.8. The lowest BCUT2D eigenvalue weighted by Gasteiger charge is -2.27. The Bertz CT molecular complexity index is 1130. The number of nitrogens with one attached hydrogen (secondary N) is 1. The highest BCUT2D eigenvalue weighted by molar-refractivity contribution is 6.30. The van der Waals surface area contributed by atoms with Crippen molar-refractivity contribution < 1.29 is 14.3 Å². The highest BCUT2D eigenvalue weighted by Gasteiger charge is 2.32. The monoisotopic (exact) mass is 480 g/mol. The van der Waals surface area contributed by atoms with E-state index in [1.807, 2.05) is 51.1 Å². The maximum atomic E-state index is 13.0. The third-order valence-electron chi connectivity index (χ3n) is 5.59. The fraction of sp³-hybridized carbons (Fsp3) is 0.346. The summed E-state index contributed by atoms with van der Waals surface area (Å²) in [6.45, 7) is 6.55. The van der Waals surface area contributed by atoms with Crippen LogP contribution in [0, 0.1) is 0 Å². The summed E-state index contributed by atoms with van der Waals surface area (Å²) in [5, 5.41) is 3.98. The van der Waals surface area contributed by atoms with Gasteiger partial charge in [-0.05, 0) is 56.2 Å². The van der Waals surface area contributed by atoms with E-state index in [2.05, 4.69) is 21.4 Å². The highest BCUT2D eigenvalue weighted by atomic mass is 35.5. The number of amides is 1. The third kappa shape index (κ3) is 5.48. The molecule has 1 N–H and O–H groups in total. The molecule has 7 nitrogen and oxygen atoms in total. The average molecular weight is 481 g/mol. The van der Waals surface area contributed by atoms with E-state index in [-0.39, 0.29) is 12.0 Å². The number of nitrogens with zero attached hydrogens (tertiary/aromatic N) is 3. The molecule has 0 spiro atoms. The molecule has 0 radical (unpaired) electrons. The lowest BCUT2D eigenvalue weighted by atomic mass is 9.92. The van der Waals surface area contributed by atoms with Crippen LogP contribution in [0.25, 0.3) is 0 Å². The second-order valence-electron chi connectivity index (χ2n) is 9.23. The van der Waals surface area contributed by atoms with Gasteiger partial charge in [-0.2, -0.15) is 0 Å². The van der Waals surface area contributed by atoms with Gasteiger partial charge < -0.3 is 14.8 Å². The number of halogens is 1. The van der Waals surface area contributed by atoms with E-state index in [0.717, 1.165) is 29.1 Å². The Hall–Kier alpha value is -3.16. The zero-order chi connectivity index (χ0) is 24.3. The summed E-state index contributed by atoms with van der Waals surface area (Å²) in [6.07, 6.45) is 2.87. The molecule has 0 saturated carbocycles. The molecule has 0 fully saturated rings. The number of rotatable bonds is 6. The first-order chi connectivity index (χ1) is 16.2. The van der Waals surface area contributed by atoms with Gasteiger partial charge in [0.2, 0.25) is 0 Å². The van der Waals surface area contributed by atoms with Gasteiger partial charge in [0.15, 0.2) is 0 Å². The van der Waals surface area contributed by atoms with E-state index >= 15 is 0 Å². The van der Waals surface area contributed by atoms with Gasteiger partial charge in [0.1, 0.15) is 17.2 Å². The molecule has 3 heterocycles. The average Bonchev–Trinajstić information content (AvgIpc) is 3.23. The van der Waals surface area contributed by atoms with Crippen molar-refractivity contribution in [3.8, 4) is 0 Å². The summed E-state index contributed by atoms with van der Waals surface area (Å²) in [5.41, 5.74) is 2.33. The van der Waals surface area contributed by atoms with Crippen LogP contribution < -0.4 is 10.2 Å². The van der Waals surface area contributed by atoms with E-state index in [1.54, 1.807) is 31.6 Å². The first-order valence-electron chi connectivity index (χ1n) is 11.2. The number of anilines is 2.